The second-order valence-electron chi connectivity index (χ2n) is 4.03. The van der Waals surface area contributed by atoms with Crippen molar-refractivity contribution in [1.29, 1.82) is 0 Å². The minimum Gasteiger partial charge on any atom is -0.497 e. The maximum atomic E-state index is 11.9. The van der Waals surface area contributed by atoms with Crippen LogP contribution in [-0.2, 0) is 9.59 Å². The van der Waals surface area contributed by atoms with Crippen molar-refractivity contribution in [3.63, 3.8) is 0 Å². The Bertz CT molecular complexity index is 530. The minimum atomic E-state index is -0.547. The smallest absolute Gasteiger partial charge is 0.228 e. The number of Topliss-reactive ketones (excluding diaryl/α,β-unsaturated/α-hetero) is 1. The molecule has 1 atom stereocenters. The SMILES string of the molecule is C#CC(=O)C1CCC(=O)N1c1cccc(OC)c1. The van der Waals surface area contributed by atoms with E-state index in [-0.39, 0.29) is 11.7 Å². The minimum absolute atomic E-state index is 0.0862. The van der Waals surface area contributed by atoms with Gasteiger partial charge in [-0.05, 0) is 24.5 Å². The monoisotopic (exact) mass is 243 g/mol. The number of rotatable bonds is 3. The van der Waals surface area contributed by atoms with E-state index in [4.69, 9.17) is 11.2 Å². The Hall–Kier alpha value is -2.28. The van der Waals surface area contributed by atoms with Crippen LogP contribution >= 0.6 is 0 Å². The van der Waals surface area contributed by atoms with Crippen LogP contribution in [0.5, 0.6) is 5.75 Å². The van der Waals surface area contributed by atoms with Gasteiger partial charge in [-0.25, -0.2) is 0 Å². The summed E-state index contributed by atoms with van der Waals surface area (Å²) in [5.74, 6) is 2.29. The molecule has 1 heterocycles. The maximum absolute atomic E-state index is 11.9. The average Bonchev–Trinajstić information content (AvgIpc) is 2.79. The first kappa shape index (κ1) is 12.2. The van der Waals surface area contributed by atoms with Crippen molar-refractivity contribution in [2.75, 3.05) is 12.0 Å². The van der Waals surface area contributed by atoms with Gasteiger partial charge >= 0.3 is 0 Å². The molecule has 0 spiro atoms. The lowest BCUT2D eigenvalue weighted by Gasteiger charge is -2.22. The van der Waals surface area contributed by atoms with E-state index in [2.05, 4.69) is 5.92 Å². The summed E-state index contributed by atoms with van der Waals surface area (Å²) >= 11 is 0. The number of nitrogens with zero attached hydrogens (tertiary/aromatic N) is 1. The van der Waals surface area contributed by atoms with Crippen molar-refractivity contribution < 1.29 is 14.3 Å². The second kappa shape index (κ2) is 4.92. The van der Waals surface area contributed by atoms with Gasteiger partial charge in [-0.2, -0.15) is 0 Å². The molecule has 1 saturated heterocycles. The summed E-state index contributed by atoms with van der Waals surface area (Å²) in [7, 11) is 1.55. The number of hydrogen-bond acceptors (Lipinski definition) is 3. The van der Waals surface area contributed by atoms with Gasteiger partial charge in [0.25, 0.3) is 0 Å². The Morgan fingerprint density at radius 3 is 3.00 bits per heavy atom. The number of ether oxygens (including phenoxy) is 1. The summed E-state index contributed by atoms with van der Waals surface area (Å²) in [5, 5.41) is 0. The number of benzene rings is 1. The molecule has 4 nitrogen and oxygen atoms in total. The lowest BCUT2D eigenvalue weighted by molar-refractivity contribution is -0.119. The highest BCUT2D eigenvalue weighted by Gasteiger charge is 2.36. The number of terminal acetylenes is 1. The van der Waals surface area contributed by atoms with E-state index in [0.29, 0.717) is 24.3 Å². The highest BCUT2D eigenvalue weighted by Crippen LogP contribution is 2.29. The lowest BCUT2D eigenvalue weighted by atomic mass is 10.1. The molecule has 1 aliphatic rings. The van der Waals surface area contributed by atoms with Gasteiger partial charge in [0.1, 0.15) is 11.8 Å². The first-order valence-electron chi connectivity index (χ1n) is 5.64. The molecule has 18 heavy (non-hydrogen) atoms. The van der Waals surface area contributed by atoms with Crippen LogP contribution in [0.3, 0.4) is 0 Å². The van der Waals surface area contributed by atoms with E-state index in [9.17, 15) is 9.59 Å². The normalized spacial score (nSPS) is 18.6. The fourth-order valence-corrected chi connectivity index (χ4v) is 2.11. The highest BCUT2D eigenvalue weighted by molar-refractivity contribution is 6.09. The van der Waals surface area contributed by atoms with E-state index in [1.54, 1.807) is 31.4 Å². The third-order valence-corrected chi connectivity index (χ3v) is 2.99. The van der Waals surface area contributed by atoms with Crippen molar-refractivity contribution in [1.82, 2.24) is 0 Å². The van der Waals surface area contributed by atoms with Crippen LogP contribution in [0.15, 0.2) is 24.3 Å². The van der Waals surface area contributed by atoms with Gasteiger partial charge < -0.3 is 9.64 Å². The first-order valence-corrected chi connectivity index (χ1v) is 5.64. The number of anilines is 1. The predicted octanol–water partition coefficient (Wildman–Crippen LogP) is 1.39. The lowest BCUT2D eigenvalue weighted by Crippen LogP contribution is -2.38. The molecule has 0 bridgehead atoms. The topological polar surface area (TPSA) is 46.6 Å². The van der Waals surface area contributed by atoms with Crippen LogP contribution in [0.25, 0.3) is 0 Å². The summed E-state index contributed by atoms with van der Waals surface area (Å²) in [6, 6.07) is 6.50. The number of hydrogen-bond donors (Lipinski definition) is 0. The molecule has 0 aliphatic carbocycles. The number of ketones is 1. The molecule has 2 rings (SSSR count). The zero-order valence-electron chi connectivity index (χ0n) is 10.1. The fraction of sp³-hybridized carbons (Fsp3) is 0.286. The number of carbonyl (C=O) groups is 2. The van der Waals surface area contributed by atoms with E-state index < -0.39 is 6.04 Å². The van der Waals surface area contributed by atoms with Crippen molar-refractivity contribution in [2.45, 2.75) is 18.9 Å². The zero-order valence-corrected chi connectivity index (χ0v) is 10.1. The van der Waals surface area contributed by atoms with Gasteiger partial charge in [-0.15, -0.1) is 6.42 Å². The van der Waals surface area contributed by atoms with Crippen LogP contribution in [0.1, 0.15) is 12.8 Å². The molecule has 1 aromatic rings. The Morgan fingerprint density at radius 1 is 1.56 bits per heavy atom. The molecular formula is C14H13NO3. The van der Waals surface area contributed by atoms with Crippen molar-refractivity contribution in [3.8, 4) is 18.1 Å². The van der Waals surface area contributed by atoms with E-state index in [0.717, 1.165) is 0 Å². The summed E-state index contributed by atoms with van der Waals surface area (Å²) in [6.45, 7) is 0. The summed E-state index contributed by atoms with van der Waals surface area (Å²) in [5.41, 5.74) is 0.644. The summed E-state index contributed by atoms with van der Waals surface area (Å²) < 4.78 is 5.11. The Morgan fingerprint density at radius 2 is 2.33 bits per heavy atom. The Kier molecular flexibility index (Phi) is 3.33. The van der Waals surface area contributed by atoms with E-state index >= 15 is 0 Å². The standard InChI is InChI=1S/C14H13NO3/c1-3-13(16)12-7-8-14(17)15(12)10-5-4-6-11(9-10)18-2/h1,4-6,9,12H,7-8H2,2H3. The van der Waals surface area contributed by atoms with Crippen LogP contribution in [-0.4, -0.2) is 24.8 Å². The van der Waals surface area contributed by atoms with Gasteiger partial charge in [0, 0.05) is 18.2 Å². The van der Waals surface area contributed by atoms with Gasteiger partial charge in [0.15, 0.2) is 0 Å². The largest absolute Gasteiger partial charge is 0.497 e. The zero-order chi connectivity index (χ0) is 13.1. The van der Waals surface area contributed by atoms with Gasteiger partial charge in [0.05, 0.1) is 7.11 Å². The number of methoxy groups -OCH3 is 1. The molecule has 4 heteroatoms. The Labute approximate surface area is 106 Å². The third-order valence-electron chi connectivity index (χ3n) is 2.99. The number of amides is 1. The third kappa shape index (κ3) is 2.07. The number of carbonyl (C=O) groups excluding carboxylic acids is 2. The van der Waals surface area contributed by atoms with Crippen LogP contribution in [0.2, 0.25) is 0 Å². The van der Waals surface area contributed by atoms with Crippen LogP contribution in [0, 0.1) is 12.3 Å². The van der Waals surface area contributed by atoms with Crippen LogP contribution < -0.4 is 9.64 Å². The predicted molar refractivity (Wildman–Crippen MR) is 67.3 cm³/mol. The second-order valence-corrected chi connectivity index (χ2v) is 4.03. The quantitative estimate of drug-likeness (QED) is 0.595. The maximum Gasteiger partial charge on any atom is 0.228 e. The molecule has 0 saturated carbocycles. The van der Waals surface area contributed by atoms with E-state index in [1.165, 1.54) is 4.90 Å². The van der Waals surface area contributed by atoms with Gasteiger partial charge in [0.2, 0.25) is 11.7 Å². The summed E-state index contributed by atoms with van der Waals surface area (Å²) in [4.78, 5) is 25.0. The van der Waals surface area contributed by atoms with Gasteiger partial charge in [-0.3, -0.25) is 9.59 Å². The molecule has 1 aliphatic heterocycles. The van der Waals surface area contributed by atoms with Crippen molar-refractivity contribution in [3.05, 3.63) is 24.3 Å². The molecular weight excluding hydrogens is 230 g/mol. The molecule has 0 aromatic heterocycles. The summed E-state index contributed by atoms with van der Waals surface area (Å²) in [6.07, 6.45) is 5.95. The molecule has 1 aromatic carbocycles. The van der Waals surface area contributed by atoms with E-state index in [1.807, 2.05) is 0 Å². The van der Waals surface area contributed by atoms with Crippen molar-refractivity contribution >= 4 is 17.4 Å². The van der Waals surface area contributed by atoms with Crippen LogP contribution in [0.4, 0.5) is 5.69 Å². The Balaban J connectivity index is 2.37. The molecule has 1 fully saturated rings. The molecule has 92 valence electrons. The molecule has 1 unspecified atom stereocenters. The highest BCUT2D eigenvalue weighted by atomic mass is 16.5. The average molecular weight is 243 g/mol. The first-order chi connectivity index (χ1) is 8.67. The molecule has 0 radical (unpaired) electrons. The molecule has 0 N–H and O–H groups in total. The van der Waals surface area contributed by atoms with Gasteiger partial charge in [-0.1, -0.05) is 6.07 Å². The fourth-order valence-electron chi connectivity index (χ4n) is 2.11. The molecule has 1 amide bonds. The van der Waals surface area contributed by atoms with Crippen molar-refractivity contribution in [2.24, 2.45) is 0 Å².